The second-order valence-corrected chi connectivity index (χ2v) is 8.53. The van der Waals surface area contributed by atoms with Crippen LogP contribution in [-0.4, -0.2) is 42.2 Å². The van der Waals surface area contributed by atoms with Crippen LogP contribution in [0.2, 0.25) is 0 Å². The molecule has 170 valence electrons. The number of anilines is 3. The maximum atomic E-state index is 12.1. The van der Waals surface area contributed by atoms with Crippen molar-refractivity contribution in [2.24, 2.45) is 0 Å². The van der Waals surface area contributed by atoms with E-state index in [4.69, 9.17) is 4.98 Å². The van der Waals surface area contributed by atoms with Crippen LogP contribution in [0.15, 0.2) is 54.5 Å². The molecule has 3 N–H and O–H groups in total. The average molecular weight is 454 g/mol. The van der Waals surface area contributed by atoms with Crippen molar-refractivity contribution in [3.63, 3.8) is 0 Å². The Morgan fingerprint density at radius 1 is 1.15 bits per heavy atom. The molecule has 2 fully saturated rings. The molecule has 1 aromatic carbocycles. The van der Waals surface area contributed by atoms with E-state index in [1.165, 1.54) is 0 Å². The van der Waals surface area contributed by atoms with Gasteiger partial charge in [0.1, 0.15) is 11.6 Å². The minimum Gasteiger partial charge on any atom is -0.367 e. The highest BCUT2D eigenvalue weighted by molar-refractivity contribution is 6.15. The highest BCUT2D eigenvalue weighted by atomic mass is 16.2. The summed E-state index contributed by atoms with van der Waals surface area (Å²) in [6.07, 6.45) is 9.28. The topological polar surface area (TPSA) is 118 Å². The molecule has 1 aliphatic heterocycles. The van der Waals surface area contributed by atoms with Crippen molar-refractivity contribution in [2.75, 3.05) is 10.6 Å². The summed E-state index contributed by atoms with van der Waals surface area (Å²) in [5.74, 6) is 0.881. The number of benzene rings is 1. The summed E-state index contributed by atoms with van der Waals surface area (Å²) in [5, 5.41) is 18.1. The largest absolute Gasteiger partial charge is 0.367 e. The Labute approximate surface area is 194 Å². The summed E-state index contributed by atoms with van der Waals surface area (Å²) in [7, 11) is 0. The molecule has 4 heterocycles. The minimum atomic E-state index is -0.372. The van der Waals surface area contributed by atoms with Crippen molar-refractivity contribution >= 4 is 40.9 Å². The van der Waals surface area contributed by atoms with E-state index in [9.17, 15) is 9.59 Å². The number of amides is 2. The molecule has 3 aromatic heterocycles. The van der Waals surface area contributed by atoms with Crippen LogP contribution in [0.3, 0.4) is 0 Å². The molecule has 1 aliphatic carbocycles. The molecule has 1 saturated carbocycles. The first-order valence-electron chi connectivity index (χ1n) is 11.1. The zero-order chi connectivity index (χ0) is 23.2. The fourth-order valence-corrected chi connectivity index (χ4v) is 3.97. The standard InChI is InChI=1S/C24H22N8O2/c1-14-21(27-17-5-7-19(8-6-17)31-10-2-9-25-31)30-23-16(11-15-12-20(33)29-24(15)34)13-26-32(23)22(14)28-18-3-4-18/h2,5-11,13,18,28H,3-4,12H2,1H3,(H,27,30)(H,29,33,34). The molecular formula is C24H22N8O2. The van der Waals surface area contributed by atoms with Crippen molar-refractivity contribution in [3.05, 3.63) is 65.6 Å². The Morgan fingerprint density at radius 2 is 1.97 bits per heavy atom. The minimum absolute atomic E-state index is 0.0585. The number of imide groups is 1. The predicted octanol–water partition coefficient (Wildman–Crippen LogP) is 2.97. The SMILES string of the molecule is Cc1c(Nc2ccc(-n3cccn3)cc2)nc2c(C=C3CC(=O)NC3=O)cnn2c1NC1CC1. The third-order valence-electron chi connectivity index (χ3n) is 5.95. The molecule has 0 radical (unpaired) electrons. The second-order valence-electron chi connectivity index (χ2n) is 8.53. The van der Waals surface area contributed by atoms with Gasteiger partial charge in [-0.2, -0.15) is 14.7 Å². The molecule has 10 heteroatoms. The van der Waals surface area contributed by atoms with Gasteiger partial charge in [-0.15, -0.1) is 0 Å². The van der Waals surface area contributed by atoms with E-state index >= 15 is 0 Å². The highest BCUT2D eigenvalue weighted by Crippen LogP contribution is 2.32. The van der Waals surface area contributed by atoms with Gasteiger partial charge in [-0.3, -0.25) is 14.9 Å². The van der Waals surface area contributed by atoms with Crippen LogP contribution in [0, 0.1) is 6.92 Å². The molecule has 0 unspecified atom stereocenters. The third kappa shape index (κ3) is 3.68. The average Bonchev–Trinajstić information content (AvgIpc) is 3.18. The molecule has 0 bridgehead atoms. The molecule has 4 aromatic rings. The summed E-state index contributed by atoms with van der Waals surface area (Å²) in [4.78, 5) is 28.5. The first-order chi connectivity index (χ1) is 16.5. The number of fused-ring (bicyclic) bond motifs is 1. The first-order valence-corrected chi connectivity index (χ1v) is 11.1. The summed E-state index contributed by atoms with van der Waals surface area (Å²) in [6, 6.07) is 10.2. The third-order valence-corrected chi connectivity index (χ3v) is 5.95. The van der Waals surface area contributed by atoms with Crippen LogP contribution in [0.4, 0.5) is 17.3 Å². The van der Waals surface area contributed by atoms with Gasteiger partial charge in [0.05, 0.1) is 18.3 Å². The van der Waals surface area contributed by atoms with Gasteiger partial charge >= 0.3 is 0 Å². The summed E-state index contributed by atoms with van der Waals surface area (Å²) in [6.45, 7) is 2.00. The summed E-state index contributed by atoms with van der Waals surface area (Å²) < 4.78 is 3.56. The quantitative estimate of drug-likeness (QED) is 0.303. The maximum Gasteiger partial charge on any atom is 0.254 e. The summed E-state index contributed by atoms with van der Waals surface area (Å²) >= 11 is 0. The van der Waals surface area contributed by atoms with Crippen molar-refractivity contribution in [1.82, 2.24) is 29.7 Å². The van der Waals surface area contributed by atoms with Crippen LogP contribution in [0.1, 0.15) is 30.4 Å². The zero-order valence-corrected chi connectivity index (χ0v) is 18.4. The molecule has 0 spiro atoms. The van der Waals surface area contributed by atoms with Crippen molar-refractivity contribution < 1.29 is 9.59 Å². The molecule has 0 atom stereocenters. The fourth-order valence-electron chi connectivity index (χ4n) is 3.97. The number of rotatable bonds is 6. The van der Waals surface area contributed by atoms with E-state index in [1.807, 2.05) is 43.5 Å². The van der Waals surface area contributed by atoms with Gasteiger partial charge in [0.25, 0.3) is 5.91 Å². The van der Waals surface area contributed by atoms with Gasteiger partial charge in [0.15, 0.2) is 5.65 Å². The van der Waals surface area contributed by atoms with Crippen molar-refractivity contribution in [1.29, 1.82) is 0 Å². The van der Waals surface area contributed by atoms with E-state index in [-0.39, 0.29) is 18.2 Å². The van der Waals surface area contributed by atoms with Crippen molar-refractivity contribution in [3.8, 4) is 5.69 Å². The number of aromatic nitrogens is 5. The molecule has 6 rings (SSSR count). The van der Waals surface area contributed by atoms with Crippen LogP contribution < -0.4 is 16.0 Å². The lowest BCUT2D eigenvalue weighted by Gasteiger charge is -2.16. The van der Waals surface area contributed by atoms with Crippen LogP contribution in [-0.2, 0) is 9.59 Å². The maximum absolute atomic E-state index is 12.1. The number of nitrogens with one attached hydrogen (secondary N) is 3. The zero-order valence-electron chi connectivity index (χ0n) is 18.4. The lowest BCUT2D eigenvalue weighted by molar-refractivity contribution is -0.124. The smallest absolute Gasteiger partial charge is 0.254 e. The van der Waals surface area contributed by atoms with E-state index in [1.54, 1.807) is 27.7 Å². The van der Waals surface area contributed by atoms with Gasteiger partial charge in [0.2, 0.25) is 5.91 Å². The van der Waals surface area contributed by atoms with E-state index < -0.39 is 0 Å². The number of hydrogen-bond acceptors (Lipinski definition) is 7. The van der Waals surface area contributed by atoms with Gasteiger partial charge < -0.3 is 10.6 Å². The number of carbonyl (C=O) groups is 2. The van der Waals surface area contributed by atoms with E-state index in [2.05, 4.69) is 26.1 Å². The summed E-state index contributed by atoms with van der Waals surface area (Å²) in [5.41, 5.74) is 4.46. The molecule has 2 aliphatic rings. The Balaban J connectivity index is 1.39. The van der Waals surface area contributed by atoms with Gasteiger partial charge in [-0.05, 0) is 56.2 Å². The van der Waals surface area contributed by atoms with Crippen LogP contribution >= 0.6 is 0 Å². The number of hydrogen-bond donors (Lipinski definition) is 3. The van der Waals surface area contributed by atoms with E-state index in [0.29, 0.717) is 28.6 Å². The molecule has 34 heavy (non-hydrogen) atoms. The first kappa shape index (κ1) is 20.2. The molecule has 10 nitrogen and oxygen atoms in total. The Kier molecular flexibility index (Phi) is 4.65. The van der Waals surface area contributed by atoms with Crippen LogP contribution in [0.25, 0.3) is 17.4 Å². The monoisotopic (exact) mass is 454 g/mol. The Bertz CT molecular complexity index is 1450. The Morgan fingerprint density at radius 3 is 2.65 bits per heavy atom. The lowest BCUT2D eigenvalue weighted by Crippen LogP contribution is -2.19. The Hall–Kier alpha value is -4.47. The van der Waals surface area contributed by atoms with Crippen molar-refractivity contribution in [2.45, 2.75) is 32.2 Å². The molecule has 2 amide bonds. The predicted molar refractivity (Wildman–Crippen MR) is 127 cm³/mol. The van der Waals surface area contributed by atoms with Gasteiger partial charge in [0, 0.05) is 40.8 Å². The normalized spacial score (nSPS) is 16.9. The van der Waals surface area contributed by atoms with E-state index in [0.717, 1.165) is 35.6 Å². The highest BCUT2D eigenvalue weighted by Gasteiger charge is 2.27. The molecule has 1 saturated heterocycles. The second kappa shape index (κ2) is 7.84. The van der Waals surface area contributed by atoms with Crippen LogP contribution in [0.5, 0.6) is 0 Å². The lowest BCUT2D eigenvalue weighted by atomic mass is 10.1. The van der Waals surface area contributed by atoms with Gasteiger partial charge in [-0.1, -0.05) is 0 Å². The molecular weight excluding hydrogens is 432 g/mol. The fraction of sp³-hybridized carbons (Fsp3) is 0.208. The van der Waals surface area contributed by atoms with Gasteiger partial charge in [-0.25, -0.2) is 9.67 Å². The number of nitrogens with zero attached hydrogens (tertiary/aromatic N) is 5. The number of carbonyl (C=O) groups excluding carboxylic acids is 2.